The van der Waals surface area contributed by atoms with Gasteiger partial charge in [-0.1, -0.05) is 32.4 Å². The Balaban J connectivity index is 1.51. The van der Waals surface area contributed by atoms with Gasteiger partial charge in [0.15, 0.2) is 18.1 Å². The third-order valence-electron chi connectivity index (χ3n) is 5.37. The first-order chi connectivity index (χ1) is 16.8. The van der Waals surface area contributed by atoms with Crippen molar-refractivity contribution in [3.8, 4) is 22.1 Å². The number of nitrogens with one attached hydrogen (secondary N) is 3. The number of para-hydroxylation sites is 1. The maximum atomic E-state index is 12.1. The van der Waals surface area contributed by atoms with E-state index in [4.69, 9.17) is 9.47 Å². The van der Waals surface area contributed by atoms with Crippen LogP contribution in [-0.2, 0) is 14.4 Å². The van der Waals surface area contributed by atoms with E-state index >= 15 is 0 Å². The number of hydrogen-bond acceptors (Lipinski definition) is 8. The Morgan fingerprint density at radius 1 is 1.09 bits per heavy atom. The first-order valence-electron chi connectivity index (χ1n) is 11.0. The summed E-state index contributed by atoms with van der Waals surface area (Å²) < 4.78 is 12.0. The number of benzene rings is 2. The van der Waals surface area contributed by atoms with E-state index in [9.17, 15) is 19.5 Å². The Morgan fingerprint density at radius 2 is 1.83 bits per heavy atom. The zero-order valence-electron chi connectivity index (χ0n) is 19.7. The zero-order valence-corrected chi connectivity index (χ0v) is 20.5. The molecule has 186 valence electrons. The first-order valence-corrected chi connectivity index (χ1v) is 11.8. The highest BCUT2D eigenvalue weighted by molar-refractivity contribution is 7.21. The van der Waals surface area contributed by atoms with Crippen molar-refractivity contribution in [1.29, 1.82) is 0 Å². The van der Waals surface area contributed by atoms with Gasteiger partial charge in [-0.3, -0.25) is 30.6 Å². The number of aliphatic carboxylic acids is 1. The summed E-state index contributed by atoms with van der Waals surface area (Å²) >= 11 is 1.56. The average Bonchev–Trinajstić information content (AvgIpc) is 3.30. The maximum Gasteiger partial charge on any atom is 0.320 e. The molecule has 10 nitrogen and oxygen atoms in total. The molecule has 0 unspecified atom stereocenters. The molecule has 3 aromatic rings. The lowest BCUT2D eigenvalue weighted by molar-refractivity contribution is -0.141. The maximum absolute atomic E-state index is 12.1. The highest BCUT2D eigenvalue weighted by Gasteiger charge is 2.23. The number of carboxylic acid groups (broad SMARTS) is 1. The van der Waals surface area contributed by atoms with Crippen LogP contribution in [-0.4, -0.2) is 54.2 Å². The molecule has 2 aromatic carbocycles. The molecule has 0 saturated carbocycles. The predicted octanol–water partition coefficient (Wildman–Crippen LogP) is 2.59. The second kappa shape index (κ2) is 12.1. The molecule has 35 heavy (non-hydrogen) atoms. The van der Waals surface area contributed by atoms with Gasteiger partial charge in [0.2, 0.25) is 0 Å². The number of amides is 2. The number of carboxylic acids is 1. The van der Waals surface area contributed by atoms with E-state index < -0.39 is 23.8 Å². The normalized spacial score (nSPS) is 12.5. The summed E-state index contributed by atoms with van der Waals surface area (Å²) in [5, 5.41) is 12.8. The quantitative estimate of drug-likeness (QED) is 0.295. The summed E-state index contributed by atoms with van der Waals surface area (Å²) in [6.07, 6.45) is 0.644. The second-order valence-electron chi connectivity index (χ2n) is 7.82. The van der Waals surface area contributed by atoms with Crippen molar-refractivity contribution in [3.63, 3.8) is 0 Å². The minimum atomic E-state index is -1.03. The third kappa shape index (κ3) is 6.90. The van der Waals surface area contributed by atoms with Crippen LogP contribution in [0.3, 0.4) is 0 Å². The molecule has 1 heterocycles. The number of aromatic nitrogens is 1. The summed E-state index contributed by atoms with van der Waals surface area (Å²) in [5.41, 5.74) is 6.24. The standard InChI is InChI=1S/C24H28N4O6S/c1-4-14(2)22(24(31)32)25-12-20(29)27-28-21(30)13-34-17-10-9-15(11-18(17)33-3)23-26-16-7-5-6-8-19(16)35-23/h5-11,14,22,25H,4,12-13H2,1-3H3,(H,27,29)(H,28,30)(H,31,32)/t14-,22+/m0/s1. The summed E-state index contributed by atoms with van der Waals surface area (Å²) in [5.74, 6) is -1.56. The van der Waals surface area contributed by atoms with Crippen LogP contribution in [0.5, 0.6) is 11.5 Å². The molecule has 0 aliphatic carbocycles. The molecule has 3 rings (SSSR count). The van der Waals surface area contributed by atoms with Crippen molar-refractivity contribution in [2.75, 3.05) is 20.3 Å². The largest absolute Gasteiger partial charge is 0.493 e. The molecular formula is C24H28N4O6S. The minimum absolute atomic E-state index is 0.153. The van der Waals surface area contributed by atoms with Gasteiger partial charge in [0.25, 0.3) is 11.8 Å². The van der Waals surface area contributed by atoms with Crippen LogP contribution in [0.25, 0.3) is 20.8 Å². The summed E-state index contributed by atoms with van der Waals surface area (Å²) in [4.78, 5) is 40.0. The van der Waals surface area contributed by atoms with E-state index in [0.29, 0.717) is 17.9 Å². The Hall–Kier alpha value is -3.70. The highest BCUT2D eigenvalue weighted by atomic mass is 32.1. The number of methoxy groups -OCH3 is 1. The van der Waals surface area contributed by atoms with E-state index in [1.165, 1.54) is 7.11 Å². The molecule has 2 atom stereocenters. The van der Waals surface area contributed by atoms with Crippen LogP contribution in [0.4, 0.5) is 0 Å². The summed E-state index contributed by atoms with van der Waals surface area (Å²) in [7, 11) is 1.50. The number of rotatable bonds is 11. The lowest BCUT2D eigenvalue weighted by Gasteiger charge is -2.19. The lowest BCUT2D eigenvalue weighted by atomic mass is 9.99. The Kier molecular flexibility index (Phi) is 8.98. The smallest absolute Gasteiger partial charge is 0.320 e. The number of carbonyl (C=O) groups excluding carboxylic acids is 2. The lowest BCUT2D eigenvalue weighted by Crippen LogP contribution is -2.50. The molecule has 1 aromatic heterocycles. The number of ether oxygens (including phenoxy) is 2. The Labute approximate surface area is 206 Å². The van der Waals surface area contributed by atoms with E-state index in [1.54, 1.807) is 30.4 Å². The van der Waals surface area contributed by atoms with Gasteiger partial charge >= 0.3 is 5.97 Å². The molecule has 0 saturated heterocycles. The average molecular weight is 501 g/mol. The van der Waals surface area contributed by atoms with Gasteiger partial charge in [-0.2, -0.15) is 0 Å². The van der Waals surface area contributed by atoms with Crippen LogP contribution in [0.1, 0.15) is 20.3 Å². The van der Waals surface area contributed by atoms with Crippen LogP contribution >= 0.6 is 11.3 Å². The molecule has 0 aliphatic rings. The molecule has 0 bridgehead atoms. The summed E-state index contributed by atoms with van der Waals surface area (Å²) in [6, 6.07) is 12.3. The number of carbonyl (C=O) groups is 3. The molecule has 0 aliphatic heterocycles. The molecule has 11 heteroatoms. The number of thiazole rings is 1. The fourth-order valence-electron chi connectivity index (χ4n) is 3.25. The van der Waals surface area contributed by atoms with Gasteiger partial charge in [-0.15, -0.1) is 11.3 Å². The SMILES string of the molecule is CC[C@H](C)[C@@H](NCC(=O)NNC(=O)COc1ccc(-c2nc3ccccc3s2)cc1OC)C(=O)O. The summed E-state index contributed by atoms with van der Waals surface area (Å²) in [6.45, 7) is 3.02. The third-order valence-corrected chi connectivity index (χ3v) is 6.45. The fourth-order valence-corrected chi connectivity index (χ4v) is 4.21. The molecule has 2 amide bonds. The van der Waals surface area contributed by atoms with Crippen molar-refractivity contribution in [2.24, 2.45) is 5.92 Å². The van der Waals surface area contributed by atoms with E-state index in [0.717, 1.165) is 20.8 Å². The van der Waals surface area contributed by atoms with Gasteiger partial charge in [-0.25, -0.2) is 4.98 Å². The number of nitrogens with zero attached hydrogens (tertiary/aromatic N) is 1. The molecular weight excluding hydrogens is 472 g/mol. The van der Waals surface area contributed by atoms with E-state index in [-0.39, 0.29) is 19.1 Å². The van der Waals surface area contributed by atoms with Crippen molar-refractivity contribution < 1.29 is 29.0 Å². The van der Waals surface area contributed by atoms with Gasteiger partial charge in [0.05, 0.1) is 23.9 Å². The Bertz CT molecular complexity index is 1160. The highest BCUT2D eigenvalue weighted by Crippen LogP contribution is 2.35. The number of hydrazine groups is 1. The molecule has 0 fully saturated rings. The first kappa shape index (κ1) is 25.9. The van der Waals surface area contributed by atoms with Crippen LogP contribution in [0.2, 0.25) is 0 Å². The molecule has 0 radical (unpaired) electrons. The molecule has 4 N–H and O–H groups in total. The fraction of sp³-hybridized carbons (Fsp3) is 0.333. The second-order valence-corrected chi connectivity index (χ2v) is 8.85. The van der Waals surface area contributed by atoms with Gasteiger partial charge in [0.1, 0.15) is 11.0 Å². The van der Waals surface area contributed by atoms with E-state index in [1.807, 2.05) is 37.3 Å². The number of hydrogen-bond donors (Lipinski definition) is 4. The predicted molar refractivity (Wildman–Crippen MR) is 132 cm³/mol. The molecule has 0 spiro atoms. The van der Waals surface area contributed by atoms with Gasteiger partial charge in [-0.05, 0) is 36.2 Å². The van der Waals surface area contributed by atoms with Crippen molar-refractivity contribution in [2.45, 2.75) is 26.3 Å². The van der Waals surface area contributed by atoms with Crippen LogP contribution < -0.4 is 25.6 Å². The number of fused-ring (bicyclic) bond motifs is 1. The zero-order chi connectivity index (χ0) is 25.4. The van der Waals surface area contributed by atoms with Crippen LogP contribution in [0, 0.1) is 5.92 Å². The van der Waals surface area contributed by atoms with Gasteiger partial charge in [0, 0.05) is 5.56 Å². The van der Waals surface area contributed by atoms with Crippen molar-refractivity contribution in [3.05, 3.63) is 42.5 Å². The van der Waals surface area contributed by atoms with E-state index in [2.05, 4.69) is 21.2 Å². The monoisotopic (exact) mass is 500 g/mol. The van der Waals surface area contributed by atoms with Crippen LogP contribution in [0.15, 0.2) is 42.5 Å². The Morgan fingerprint density at radius 3 is 2.51 bits per heavy atom. The van der Waals surface area contributed by atoms with Crippen molar-refractivity contribution >= 4 is 39.3 Å². The van der Waals surface area contributed by atoms with Crippen molar-refractivity contribution in [1.82, 2.24) is 21.2 Å². The van der Waals surface area contributed by atoms with Gasteiger partial charge < -0.3 is 14.6 Å². The topological polar surface area (TPSA) is 139 Å². The minimum Gasteiger partial charge on any atom is -0.493 e.